The third-order valence-corrected chi connectivity index (χ3v) is 7.47. The molecule has 2 aromatic carbocycles. The molecular weight excluding hydrogens is 443 g/mol. The maximum absolute atomic E-state index is 13.0. The van der Waals surface area contributed by atoms with E-state index >= 15 is 0 Å². The number of halogens is 1. The Morgan fingerprint density at radius 1 is 1.09 bits per heavy atom. The summed E-state index contributed by atoms with van der Waals surface area (Å²) in [6.07, 6.45) is 3.42. The minimum absolute atomic E-state index is 0.0326. The molecule has 1 amide bonds. The first-order chi connectivity index (χ1) is 15.7. The van der Waals surface area contributed by atoms with Gasteiger partial charge >= 0.3 is 0 Å². The molecule has 33 heavy (non-hydrogen) atoms. The van der Waals surface area contributed by atoms with Crippen LogP contribution >= 0.6 is 0 Å². The highest BCUT2D eigenvalue weighted by molar-refractivity contribution is 7.90. The van der Waals surface area contributed by atoms with Crippen molar-refractivity contribution in [1.29, 1.82) is 0 Å². The third-order valence-electron chi connectivity index (χ3n) is 6.34. The summed E-state index contributed by atoms with van der Waals surface area (Å²) in [4.78, 5) is 15.4. The molecule has 0 saturated carbocycles. The average molecular weight is 477 g/mol. The van der Waals surface area contributed by atoms with Crippen LogP contribution in [0.4, 0.5) is 4.39 Å². The first-order valence-electron chi connectivity index (χ1n) is 11.4. The molecule has 8 heteroatoms. The average Bonchev–Trinajstić information content (AvgIpc) is 2.79. The van der Waals surface area contributed by atoms with Crippen LogP contribution in [0, 0.1) is 5.82 Å². The Hall–Kier alpha value is -2.29. The zero-order valence-corrected chi connectivity index (χ0v) is 20.0. The molecule has 6 nitrogen and oxygen atoms in total. The molecule has 0 bridgehead atoms. The summed E-state index contributed by atoms with van der Waals surface area (Å²) >= 11 is 0. The standard InChI is InChI=1S/C25H33FN2O4S/c1-3-23(18-6-10-22(11-7-18)33(2,31)32)25(30)27-21-12-15-28(16-13-21)17-14-24(29)19-4-8-20(26)9-5-19/h4-11,21,23-24,29H,3,12-17H2,1-2H3,(H,27,30). The van der Waals surface area contributed by atoms with E-state index in [-0.39, 0.29) is 28.6 Å². The van der Waals surface area contributed by atoms with E-state index in [1.165, 1.54) is 18.4 Å². The van der Waals surface area contributed by atoms with Crippen molar-refractivity contribution in [3.8, 4) is 0 Å². The molecule has 1 aliphatic heterocycles. The SMILES string of the molecule is CCC(C(=O)NC1CCN(CCC(O)c2ccc(F)cc2)CC1)c1ccc(S(C)(=O)=O)cc1. The number of amides is 1. The molecule has 0 spiro atoms. The fraction of sp³-hybridized carbons (Fsp3) is 0.480. The van der Waals surface area contributed by atoms with Crippen LogP contribution in [0.5, 0.6) is 0 Å². The molecule has 1 fully saturated rings. The third kappa shape index (κ3) is 7.09. The van der Waals surface area contributed by atoms with Gasteiger partial charge in [-0.3, -0.25) is 4.79 Å². The fourth-order valence-electron chi connectivity index (χ4n) is 4.28. The highest BCUT2D eigenvalue weighted by atomic mass is 32.2. The normalized spacial score (nSPS) is 17.5. The molecule has 0 aromatic heterocycles. The molecule has 2 atom stereocenters. The second kappa shape index (κ2) is 11.2. The zero-order valence-electron chi connectivity index (χ0n) is 19.2. The summed E-state index contributed by atoms with van der Waals surface area (Å²) in [6.45, 7) is 4.36. The van der Waals surface area contributed by atoms with Crippen molar-refractivity contribution < 1.29 is 22.7 Å². The lowest BCUT2D eigenvalue weighted by Gasteiger charge is -2.33. The first-order valence-corrected chi connectivity index (χ1v) is 13.3. The molecule has 1 heterocycles. The Labute approximate surface area is 195 Å². The Balaban J connectivity index is 1.46. The molecule has 3 rings (SSSR count). The predicted octanol–water partition coefficient (Wildman–Crippen LogP) is 3.43. The summed E-state index contributed by atoms with van der Waals surface area (Å²) in [7, 11) is -3.26. The first kappa shape index (κ1) is 25.3. The Morgan fingerprint density at radius 2 is 1.67 bits per heavy atom. The number of hydrogen-bond donors (Lipinski definition) is 2. The molecule has 0 aliphatic carbocycles. The van der Waals surface area contributed by atoms with E-state index in [0.29, 0.717) is 18.4 Å². The summed E-state index contributed by atoms with van der Waals surface area (Å²) in [5.74, 6) is -0.663. The number of carbonyl (C=O) groups excluding carboxylic acids is 1. The van der Waals surface area contributed by atoms with E-state index in [9.17, 15) is 22.7 Å². The van der Waals surface area contributed by atoms with Gasteiger partial charge in [0.2, 0.25) is 5.91 Å². The second-order valence-electron chi connectivity index (χ2n) is 8.78. The van der Waals surface area contributed by atoms with Crippen LogP contribution in [0.2, 0.25) is 0 Å². The van der Waals surface area contributed by atoms with Crippen LogP contribution in [-0.2, 0) is 14.6 Å². The number of sulfone groups is 1. The van der Waals surface area contributed by atoms with Crippen LogP contribution in [0.15, 0.2) is 53.4 Å². The summed E-state index contributed by atoms with van der Waals surface area (Å²) < 4.78 is 36.4. The van der Waals surface area contributed by atoms with Crippen LogP contribution in [-0.4, -0.2) is 56.3 Å². The maximum atomic E-state index is 13.0. The summed E-state index contributed by atoms with van der Waals surface area (Å²) in [5, 5.41) is 13.5. The highest BCUT2D eigenvalue weighted by Crippen LogP contribution is 2.23. The molecule has 1 saturated heterocycles. The van der Waals surface area contributed by atoms with Gasteiger partial charge in [-0.1, -0.05) is 31.2 Å². The topological polar surface area (TPSA) is 86.7 Å². The minimum atomic E-state index is -3.26. The van der Waals surface area contributed by atoms with E-state index in [4.69, 9.17) is 0 Å². The van der Waals surface area contributed by atoms with Gasteiger partial charge in [-0.25, -0.2) is 12.8 Å². The molecule has 2 N–H and O–H groups in total. The molecule has 180 valence electrons. The monoisotopic (exact) mass is 476 g/mol. The van der Waals surface area contributed by atoms with Gasteiger partial charge in [0.15, 0.2) is 9.84 Å². The number of piperidine rings is 1. The lowest BCUT2D eigenvalue weighted by Crippen LogP contribution is -2.46. The van der Waals surface area contributed by atoms with Crippen molar-refractivity contribution in [3.63, 3.8) is 0 Å². The van der Waals surface area contributed by atoms with Crippen LogP contribution in [0.3, 0.4) is 0 Å². The van der Waals surface area contributed by atoms with Gasteiger partial charge in [0, 0.05) is 31.9 Å². The van der Waals surface area contributed by atoms with Gasteiger partial charge in [-0.15, -0.1) is 0 Å². The second-order valence-corrected chi connectivity index (χ2v) is 10.8. The number of nitrogens with one attached hydrogen (secondary N) is 1. The highest BCUT2D eigenvalue weighted by Gasteiger charge is 2.25. The lowest BCUT2D eigenvalue weighted by atomic mass is 9.94. The molecule has 0 radical (unpaired) electrons. The van der Waals surface area contributed by atoms with Crippen molar-refractivity contribution in [2.45, 2.75) is 55.6 Å². The number of aliphatic hydroxyl groups excluding tert-OH is 1. The lowest BCUT2D eigenvalue weighted by molar-refractivity contribution is -0.123. The summed E-state index contributed by atoms with van der Waals surface area (Å²) in [5.41, 5.74) is 1.53. The van der Waals surface area contributed by atoms with Gasteiger partial charge < -0.3 is 15.3 Å². The number of carbonyl (C=O) groups is 1. The number of rotatable bonds is 9. The van der Waals surface area contributed by atoms with E-state index in [1.54, 1.807) is 36.4 Å². The Morgan fingerprint density at radius 3 is 2.21 bits per heavy atom. The largest absolute Gasteiger partial charge is 0.388 e. The van der Waals surface area contributed by atoms with E-state index in [0.717, 1.165) is 38.0 Å². The number of aliphatic hydroxyl groups is 1. The van der Waals surface area contributed by atoms with E-state index in [2.05, 4.69) is 10.2 Å². The molecule has 1 aliphatic rings. The quantitative estimate of drug-likeness (QED) is 0.579. The zero-order chi connectivity index (χ0) is 24.0. The molecule has 2 unspecified atom stereocenters. The Kier molecular flexibility index (Phi) is 8.62. The smallest absolute Gasteiger partial charge is 0.227 e. The fourth-order valence-corrected chi connectivity index (χ4v) is 4.91. The van der Waals surface area contributed by atoms with Crippen LogP contribution in [0.1, 0.15) is 55.8 Å². The number of hydrogen-bond acceptors (Lipinski definition) is 5. The van der Waals surface area contributed by atoms with Gasteiger partial charge in [0.05, 0.1) is 16.9 Å². The van der Waals surface area contributed by atoms with Gasteiger partial charge in [0.25, 0.3) is 0 Å². The summed E-state index contributed by atoms with van der Waals surface area (Å²) in [6, 6.07) is 12.6. The minimum Gasteiger partial charge on any atom is -0.388 e. The van der Waals surface area contributed by atoms with Crippen LogP contribution in [0.25, 0.3) is 0 Å². The number of benzene rings is 2. The molecule has 2 aromatic rings. The van der Waals surface area contributed by atoms with Crippen molar-refractivity contribution in [3.05, 3.63) is 65.5 Å². The molecular formula is C25H33FN2O4S. The van der Waals surface area contributed by atoms with Crippen LogP contribution < -0.4 is 5.32 Å². The van der Waals surface area contributed by atoms with Gasteiger partial charge in [-0.2, -0.15) is 0 Å². The van der Waals surface area contributed by atoms with E-state index < -0.39 is 15.9 Å². The van der Waals surface area contributed by atoms with Gasteiger partial charge in [-0.05, 0) is 61.1 Å². The predicted molar refractivity (Wildman–Crippen MR) is 126 cm³/mol. The Bertz CT molecular complexity index is 1020. The van der Waals surface area contributed by atoms with Crippen molar-refractivity contribution >= 4 is 15.7 Å². The van der Waals surface area contributed by atoms with Crippen molar-refractivity contribution in [1.82, 2.24) is 10.2 Å². The van der Waals surface area contributed by atoms with Crippen molar-refractivity contribution in [2.24, 2.45) is 0 Å². The maximum Gasteiger partial charge on any atom is 0.227 e. The van der Waals surface area contributed by atoms with Crippen molar-refractivity contribution in [2.75, 3.05) is 25.9 Å². The number of nitrogens with zero attached hydrogens (tertiary/aromatic N) is 1. The van der Waals surface area contributed by atoms with E-state index in [1.807, 2.05) is 6.92 Å². The van der Waals surface area contributed by atoms with Gasteiger partial charge in [0.1, 0.15) is 5.82 Å². The number of likely N-dealkylation sites (tertiary alicyclic amines) is 1.